The molecule has 3 rings (SSSR count). The van der Waals surface area contributed by atoms with Gasteiger partial charge in [-0.1, -0.05) is 23.7 Å². The smallest absolute Gasteiger partial charge is 0.264 e. The molecule has 0 spiro atoms. The van der Waals surface area contributed by atoms with Crippen LogP contribution in [0.25, 0.3) is 0 Å². The normalized spacial score (nSPS) is 17.1. The molecular formula is C17H16ClN3O3S. The van der Waals surface area contributed by atoms with Gasteiger partial charge in [0.1, 0.15) is 6.04 Å². The summed E-state index contributed by atoms with van der Waals surface area (Å²) in [4.78, 5) is 39.2. The summed E-state index contributed by atoms with van der Waals surface area (Å²) in [6.07, 6.45) is -0.116. The summed E-state index contributed by atoms with van der Waals surface area (Å²) in [5.74, 6) is -0.906. The molecule has 0 radical (unpaired) electrons. The fourth-order valence-corrected chi connectivity index (χ4v) is 3.53. The van der Waals surface area contributed by atoms with Crippen LogP contribution in [0.1, 0.15) is 16.1 Å². The van der Waals surface area contributed by atoms with Gasteiger partial charge in [-0.05, 0) is 29.6 Å². The Morgan fingerprint density at radius 3 is 2.88 bits per heavy atom. The molecule has 0 bridgehead atoms. The second kappa shape index (κ2) is 7.67. The molecule has 2 aromatic rings. The average Bonchev–Trinajstić information content (AvgIpc) is 3.10. The number of nitrogens with one attached hydrogen (secondary N) is 2. The highest BCUT2D eigenvalue weighted by molar-refractivity contribution is 7.12. The number of hydrogen-bond acceptors (Lipinski definition) is 4. The summed E-state index contributed by atoms with van der Waals surface area (Å²) in [6, 6.07) is 9.41. The van der Waals surface area contributed by atoms with Gasteiger partial charge in [-0.3, -0.25) is 14.4 Å². The van der Waals surface area contributed by atoms with Gasteiger partial charge < -0.3 is 15.5 Å². The summed E-state index contributed by atoms with van der Waals surface area (Å²) >= 11 is 7.21. The number of carbonyl (C=O) groups is 3. The van der Waals surface area contributed by atoms with Gasteiger partial charge in [-0.25, -0.2) is 0 Å². The van der Waals surface area contributed by atoms with Crippen molar-refractivity contribution in [3.8, 4) is 0 Å². The zero-order chi connectivity index (χ0) is 17.8. The van der Waals surface area contributed by atoms with E-state index >= 15 is 0 Å². The summed E-state index contributed by atoms with van der Waals surface area (Å²) in [5.41, 5.74) is 0.546. The fraction of sp³-hybridized carbons (Fsp3) is 0.235. The van der Waals surface area contributed by atoms with Crippen LogP contribution in [0.2, 0.25) is 5.02 Å². The molecule has 0 saturated carbocycles. The Hall–Kier alpha value is -2.38. The van der Waals surface area contributed by atoms with Crippen LogP contribution in [0.4, 0.5) is 5.69 Å². The predicted molar refractivity (Wildman–Crippen MR) is 96.9 cm³/mol. The Kier molecular flexibility index (Phi) is 5.35. The minimum absolute atomic E-state index is 0.116. The highest BCUT2D eigenvalue weighted by atomic mass is 35.5. The third kappa shape index (κ3) is 4.18. The second-order valence-corrected chi connectivity index (χ2v) is 6.93. The van der Waals surface area contributed by atoms with Gasteiger partial charge in [0.05, 0.1) is 11.3 Å². The van der Waals surface area contributed by atoms with Crippen molar-refractivity contribution in [1.29, 1.82) is 0 Å². The Labute approximate surface area is 153 Å². The molecule has 3 amide bonds. The van der Waals surface area contributed by atoms with Gasteiger partial charge in [0, 0.05) is 23.8 Å². The van der Waals surface area contributed by atoms with Crippen molar-refractivity contribution in [1.82, 2.24) is 10.2 Å². The maximum atomic E-state index is 12.6. The van der Waals surface area contributed by atoms with Crippen molar-refractivity contribution in [2.24, 2.45) is 0 Å². The predicted octanol–water partition coefficient (Wildman–Crippen LogP) is 2.37. The van der Waals surface area contributed by atoms with Crippen LogP contribution in [0, 0.1) is 0 Å². The third-order valence-corrected chi connectivity index (χ3v) is 4.90. The van der Waals surface area contributed by atoms with Crippen LogP contribution in [0.5, 0.6) is 0 Å². The van der Waals surface area contributed by atoms with Gasteiger partial charge in [-0.2, -0.15) is 0 Å². The number of carbonyl (C=O) groups excluding carboxylic acids is 3. The summed E-state index contributed by atoms with van der Waals surface area (Å²) in [5, 5.41) is 7.72. The minimum atomic E-state index is -0.831. The van der Waals surface area contributed by atoms with E-state index in [1.165, 1.54) is 16.2 Å². The zero-order valence-electron chi connectivity index (χ0n) is 13.2. The third-order valence-electron chi connectivity index (χ3n) is 3.81. The van der Waals surface area contributed by atoms with Gasteiger partial charge >= 0.3 is 0 Å². The van der Waals surface area contributed by atoms with Gasteiger partial charge in [0.15, 0.2) is 0 Å². The van der Waals surface area contributed by atoms with E-state index in [2.05, 4.69) is 10.6 Å². The summed E-state index contributed by atoms with van der Waals surface area (Å²) < 4.78 is 0. The number of nitrogens with zero attached hydrogens (tertiary/aromatic N) is 1. The lowest BCUT2D eigenvalue weighted by molar-refractivity contribution is -0.131. The number of halogens is 1. The van der Waals surface area contributed by atoms with Crippen molar-refractivity contribution in [3.63, 3.8) is 0 Å². The van der Waals surface area contributed by atoms with E-state index in [0.717, 1.165) is 0 Å². The number of thiophene rings is 1. The monoisotopic (exact) mass is 377 g/mol. The van der Waals surface area contributed by atoms with Gasteiger partial charge in [0.25, 0.3) is 5.91 Å². The molecule has 0 unspecified atom stereocenters. The largest absolute Gasteiger partial charge is 0.353 e. The molecule has 1 aromatic heterocycles. The number of benzene rings is 1. The van der Waals surface area contributed by atoms with E-state index in [0.29, 0.717) is 28.7 Å². The summed E-state index contributed by atoms with van der Waals surface area (Å²) in [6.45, 7) is 0.750. The highest BCUT2D eigenvalue weighted by Crippen LogP contribution is 2.19. The molecule has 6 nitrogen and oxygen atoms in total. The van der Waals surface area contributed by atoms with Crippen LogP contribution < -0.4 is 10.6 Å². The molecule has 130 valence electrons. The Bertz CT molecular complexity index is 794. The number of piperazine rings is 1. The quantitative estimate of drug-likeness (QED) is 0.858. The Morgan fingerprint density at radius 2 is 2.16 bits per heavy atom. The summed E-state index contributed by atoms with van der Waals surface area (Å²) in [7, 11) is 0. The molecule has 1 saturated heterocycles. The standard InChI is InChI=1S/C17H16ClN3O3S/c18-11-3-1-4-12(9-11)20-15(22)10-13-16(23)19-6-7-21(13)17(24)14-5-2-8-25-14/h1-5,8-9,13H,6-7,10H2,(H,19,23)(H,20,22)/t13-/m0/s1. The SMILES string of the molecule is O=C(C[C@H]1C(=O)NCCN1C(=O)c1cccs1)Nc1cccc(Cl)c1. The minimum Gasteiger partial charge on any atom is -0.353 e. The molecule has 0 aliphatic carbocycles. The molecule has 1 atom stereocenters. The zero-order valence-corrected chi connectivity index (χ0v) is 14.8. The molecular weight excluding hydrogens is 362 g/mol. The van der Waals surface area contributed by atoms with Crippen molar-refractivity contribution in [3.05, 3.63) is 51.7 Å². The number of anilines is 1. The van der Waals surface area contributed by atoms with Crippen LogP contribution in [-0.2, 0) is 9.59 Å². The van der Waals surface area contributed by atoms with Crippen molar-refractivity contribution >= 4 is 46.3 Å². The lowest BCUT2D eigenvalue weighted by atomic mass is 10.1. The molecule has 1 fully saturated rings. The lowest BCUT2D eigenvalue weighted by Crippen LogP contribution is -2.58. The van der Waals surface area contributed by atoms with E-state index in [-0.39, 0.29) is 24.1 Å². The first kappa shape index (κ1) is 17.4. The van der Waals surface area contributed by atoms with Crippen molar-refractivity contribution in [2.75, 3.05) is 18.4 Å². The maximum absolute atomic E-state index is 12.6. The first-order valence-corrected chi connectivity index (χ1v) is 8.98. The van der Waals surface area contributed by atoms with E-state index in [1.807, 2.05) is 0 Å². The van der Waals surface area contributed by atoms with Crippen molar-refractivity contribution < 1.29 is 14.4 Å². The van der Waals surface area contributed by atoms with Crippen LogP contribution in [0.15, 0.2) is 41.8 Å². The van der Waals surface area contributed by atoms with Crippen LogP contribution in [0.3, 0.4) is 0 Å². The molecule has 1 aliphatic heterocycles. The molecule has 8 heteroatoms. The highest BCUT2D eigenvalue weighted by Gasteiger charge is 2.35. The molecule has 25 heavy (non-hydrogen) atoms. The Balaban J connectivity index is 1.71. The van der Waals surface area contributed by atoms with E-state index in [9.17, 15) is 14.4 Å². The fourth-order valence-electron chi connectivity index (χ4n) is 2.66. The van der Waals surface area contributed by atoms with Gasteiger partial charge in [-0.15, -0.1) is 11.3 Å². The number of rotatable bonds is 4. The lowest BCUT2D eigenvalue weighted by Gasteiger charge is -2.34. The molecule has 2 heterocycles. The van der Waals surface area contributed by atoms with Crippen LogP contribution >= 0.6 is 22.9 Å². The average molecular weight is 378 g/mol. The first-order valence-electron chi connectivity index (χ1n) is 7.72. The number of hydrogen-bond donors (Lipinski definition) is 2. The van der Waals surface area contributed by atoms with Crippen LogP contribution in [-0.4, -0.2) is 41.8 Å². The molecule has 1 aliphatic rings. The number of amides is 3. The maximum Gasteiger partial charge on any atom is 0.264 e. The van der Waals surface area contributed by atoms with E-state index < -0.39 is 6.04 Å². The topological polar surface area (TPSA) is 78.5 Å². The molecule has 1 aromatic carbocycles. The van der Waals surface area contributed by atoms with Crippen molar-refractivity contribution in [2.45, 2.75) is 12.5 Å². The Morgan fingerprint density at radius 1 is 1.32 bits per heavy atom. The first-order chi connectivity index (χ1) is 12.0. The van der Waals surface area contributed by atoms with E-state index in [1.54, 1.807) is 41.8 Å². The van der Waals surface area contributed by atoms with Gasteiger partial charge in [0.2, 0.25) is 11.8 Å². The van der Waals surface area contributed by atoms with E-state index in [4.69, 9.17) is 11.6 Å². The molecule has 2 N–H and O–H groups in total. The second-order valence-electron chi connectivity index (χ2n) is 5.55.